The van der Waals surface area contributed by atoms with E-state index in [9.17, 15) is 9.90 Å². The van der Waals surface area contributed by atoms with E-state index in [-0.39, 0.29) is 33.8 Å². The van der Waals surface area contributed by atoms with E-state index in [1.807, 2.05) is 31.2 Å². The minimum absolute atomic E-state index is 0.0142. The van der Waals surface area contributed by atoms with E-state index in [1.165, 1.54) is 23.7 Å². The fourth-order valence-electron chi connectivity index (χ4n) is 4.56. The first-order valence-corrected chi connectivity index (χ1v) is 11.7. The number of amides is 1. The number of aromatic nitrogens is 1. The summed E-state index contributed by atoms with van der Waals surface area (Å²) in [5, 5.41) is 13.5. The van der Waals surface area contributed by atoms with E-state index >= 15 is 4.39 Å². The molecule has 1 fully saturated rings. The molecule has 1 aromatic heterocycles. The monoisotopic (exact) mass is 481 g/mol. The number of nitrogens with zero attached hydrogens (tertiary/aromatic N) is 3. The van der Waals surface area contributed by atoms with E-state index in [1.54, 1.807) is 17.0 Å². The highest BCUT2D eigenvalue weighted by molar-refractivity contribution is 7.11. The van der Waals surface area contributed by atoms with E-state index in [0.29, 0.717) is 30.6 Å². The highest BCUT2D eigenvalue weighted by Gasteiger charge is 2.29. The fraction of sp³-hybridized carbons (Fsp3) is 0.200. The molecule has 0 saturated carbocycles. The van der Waals surface area contributed by atoms with Crippen molar-refractivity contribution in [1.82, 2.24) is 9.27 Å². The van der Waals surface area contributed by atoms with Crippen LogP contribution in [0.4, 0.5) is 9.39 Å². The molecule has 33 heavy (non-hydrogen) atoms. The summed E-state index contributed by atoms with van der Waals surface area (Å²) < 4.78 is 20.3. The molecule has 0 spiro atoms. The number of phenolic OH excluding ortho intramolecular Hbond substituents is 1. The van der Waals surface area contributed by atoms with Crippen molar-refractivity contribution in [2.24, 2.45) is 0 Å². The normalized spacial score (nSPS) is 16.5. The van der Waals surface area contributed by atoms with Crippen molar-refractivity contribution in [1.29, 1.82) is 0 Å². The zero-order valence-electron chi connectivity index (χ0n) is 17.9. The summed E-state index contributed by atoms with van der Waals surface area (Å²) in [6, 6.07) is 12.4. The second-order valence-electron chi connectivity index (χ2n) is 8.18. The maximum atomic E-state index is 15.8. The largest absolute Gasteiger partial charge is 0.508 e. The zero-order valence-corrected chi connectivity index (χ0v) is 19.5. The summed E-state index contributed by atoms with van der Waals surface area (Å²) >= 11 is 7.87. The Kier molecular flexibility index (Phi) is 5.46. The third-order valence-electron chi connectivity index (χ3n) is 6.13. The minimum atomic E-state index is -0.510. The van der Waals surface area contributed by atoms with Gasteiger partial charge in [-0.05, 0) is 59.1 Å². The van der Waals surface area contributed by atoms with Crippen LogP contribution in [0.15, 0.2) is 55.1 Å². The van der Waals surface area contributed by atoms with Crippen molar-refractivity contribution in [3.8, 4) is 16.9 Å². The van der Waals surface area contributed by atoms with Crippen LogP contribution in [0.5, 0.6) is 5.75 Å². The molecular weight excluding hydrogens is 461 g/mol. The van der Waals surface area contributed by atoms with Gasteiger partial charge >= 0.3 is 0 Å². The number of phenols is 1. The van der Waals surface area contributed by atoms with Gasteiger partial charge in [0.15, 0.2) is 5.82 Å². The quantitative estimate of drug-likeness (QED) is 0.373. The van der Waals surface area contributed by atoms with Crippen molar-refractivity contribution in [2.45, 2.75) is 13.0 Å². The highest BCUT2D eigenvalue weighted by atomic mass is 35.5. The van der Waals surface area contributed by atoms with Gasteiger partial charge in [0.25, 0.3) is 0 Å². The van der Waals surface area contributed by atoms with Gasteiger partial charge in [-0.3, -0.25) is 4.79 Å². The number of carbonyl (C=O) groups is 1. The fourth-order valence-corrected chi connectivity index (χ4v) is 5.75. The Morgan fingerprint density at radius 1 is 1.27 bits per heavy atom. The standard InChI is InChI=1S/C25H21ClFN3O2S/c1-3-21(32)30-9-8-29(13-14(30)2)25-19-12-20(26)22(23(27)24(19)28-33-25)18-11-16(31)10-15-6-4-5-7-17(15)18/h3-7,10-12,14,31H,1,8-9,13H2,2H3. The lowest BCUT2D eigenvalue weighted by Gasteiger charge is -2.39. The van der Waals surface area contributed by atoms with E-state index in [2.05, 4.69) is 15.9 Å². The van der Waals surface area contributed by atoms with Crippen molar-refractivity contribution in [3.05, 3.63) is 66.0 Å². The third-order valence-corrected chi connectivity index (χ3v) is 7.36. The molecule has 5 rings (SSSR count). The predicted octanol–water partition coefficient (Wildman–Crippen LogP) is 5.84. The molecule has 1 saturated heterocycles. The molecule has 8 heteroatoms. The van der Waals surface area contributed by atoms with Crippen LogP contribution in [-0.4, -0.2) is 46.0 Å². The van der Waals surface area contributed by atoms with Crippen LogP contribution >= 0.6 is 23.1 Å². The van der Waals surface area contributed by atoms with E-state index in [0.717, 1.165) is 15.8 Å². The lowest BCUT2D eigenvalue weighted by Crippen LogP contribution is -2.53. The first kappa shape index (κ1) is 21.7. The Labute approximate surface area is 199 Å². The molecule has 1 amide bonds. The van der Waals surface area contributed by atoms with Gasteiger partial charge in [0, 0.05) is 36.6 Å². The molecule has 1 atom stereocenters. The number of piperazine rings is 1. The molecular formula is C25H21ClFN3O2S. The topological polar surface area (TPSA) is 56.7 Å². The molecule has 2 heterocycles. The Balaban J connectivity index is 1.59. The SMILES string of the molecule is C=CC(=O)N1CCN(c2snc3c(F)c(-c4cc(O)cc5ccccc45)c(Cl)cc23)CC1C. The lowest BCUT2D eigenvalue weighted by atomic mass is 9.96. The highest BCUT2D eigenvalue weighted by Crippen LogP contribution is 2.44. The molecule has 1 aliphatic rings. The van der Waals surface area contributed by atoms with Gasteiger partial charge in [-0.15, -0.1) is 0 Å². The molecule has 168 valence electrons. The number of aromatic hydroxyl groups is 1. The molecule has 3 aromatic carbocycles. The van der Waals surface area contributed by atoms with Crippen LogP contribution in [0.3, 0.4) is 0 Å². The average molecular weight is 482 g/mol. The number of halogens is 2. The Bertz CT molecular complexity index is 1420. The van der Waals surface area contributed by atoms with Crippen molar-refractivity contribution < 1.29 is 14.3 Å². The summed E-state index contributed by atoms with van der Waals surface area (Å²) in [6.07, 6.45) is 1.33. The van der Waals surface area contributed by atoms with Gasteiger partial charge in [0.2, 0.25) is 5.91 Å². The van der Waals surface area contributed by atoms with Crippen LogP contribution in [0.2, 0.25) is 5.02 Å². The van der Waals surface area contributed by atoms with Crippen molar-refractivity contribution in [3.63, 3.8) is 0 Å². The van der Waals surface area contributed by atoms with Crippen molar-refractivity contribution >= 4 is 55.7 Å². The van der Waals surface area contributed by atoms with E-state index in [4.69, 9.17) is 11.6 Å². The second kappa shape index (κ2) is 8.32. The predicted molar refractivity (Wildman–Crippen MR) is 133 cm³/mol. The summed E-state index contributed by atoms with van der Waals surface area (Å²) in [5.74, 6) is -0.559. The molecule has 5 nitrogen and oxygen atoms in total. The van der Waals surface area contributed by atoms with E-state index < -0.39 is 5.82 Å². The molecule has 1 aliphatic heterocycles. The summed E-state index contributed by atoms with van der Waals surface area (Å²) in [6.45, 7) is 7.32. The third kappa shape index (κ3) is 3.61. The number of carbonyl (C=O) groups excluding carboxylic acids is 1. The van der Waals surface area contributed by atoms with Gasteiger partial charge in [-0.25, -0.2) is 4.39 Å². The number of rotatable bonds is 3. The molecule has 1 unspecified atom stereocenters. The van der Waals surface area contributed by atoms with Gasteiger partial charge < -0.3 is 14.9 Å². The summed E-state index contributed by atoms with van der Waals surface area (Å²) in [7, 11) is 0. The van der Waals surface area contributed by atoms with Crippen LogP contribution in [0.25, 0.3) is 32.8 Å². The van der Waals surface area contributed by atoms with Gasteiger partial charge in [0.1, 0.15) is 16.3 Å². The van der Waals surface area contributed by atoms with Gasteiger partial charge in [0.05, 0.1) is 5.02 Å². The molecule has 0 bridgehead atoms. The minimum Gasteiger partial charge on any atom is -0.508 e. The number of anilines is 1. The van der Waals surface area contributed by atoms with Crippen LogP contribution in [-0.2, 0) is 4.79 Å². The maximum absolute atomic E-state index is 15.8. The summed E-state index contributed by atoms with van der Waals surface area (Å²) in [4.78, 5) is 16.0. The number of hydrogen-bond donors (Lipinski definition) is 1. The smallest absolute Gasteiger partial charge is 0.246 e. The van der Waals surface area contributed by atoms with Crippen LogP contribution < -0.4 is 4.90 Å². The van der Waals surface area contributed by atoms with Crippen LogP contribution in [0, 0.1) is 5.82 Å². The first-order valence-electron chi connectivity index (χ1n) is 10.6. The second-order valence-corrected chi connectivity index (χ2v) is 9.34. The molecule has 1 N–H and O–H groups in total. The van der Waals surface area contributed by atoms with Gasteiger partial charge in [-0.1, -0.05) is 42.4 Å². The van der Waals surface area contributed by atoms with Crippen molar-refractivity contribution in [2.75, 3.05) is 24.5 Å². The Hall–Kier alpha value is -3.16. The summed E-state index contributed by atoms with van der Waals surface area (Å²) in [5.41, 5.74) is 0.997. The van der Waals surface area contributed by atoms with Crippen LogP contribution in [0.1, 0.15) is 6.92 Å². The average Bonchev–Trinajstić information content (AvgIpc) is 3.22. The molecule has 4 aromatic rings. The Morgan fingerprint density at radius 3 is 2.82 bits per heavy atom. The zero-order chi connectivity index (χ0) is 23.3. The Morgan fingerprint density at radius 2 is 2.06 bits per heavy atom. The molecule has 0 aliphatic carbocycles. The molecule has 0 radical (unpaired) electrons. The number of hydrogen-bond acceptors (Lipinski definition) is 5. The maximum Gasteiger partial charge on any atom is 0.246 e. The number of fused-ring (bicyclic) bond motifs is 2. The number of benzene rings is 3. The first-order chi connectivity index (χ1) is 15.9. The van der Waals surface area contributed by atoms with Gasteiger partial charge in [-0.2, -0.15) is 4.37 Å². The lowest BCUT2D eigenvalue weighted by molar-refractivity contribution is -0.128.